The number of hydrogen-bond donors (Lipinski definition) is 0. The number of carbonyl (C=O) groups excluding carboxylic acids is 2. The lowest BCUT2D eigenvalue weighted by molar-refractivity contribution is -0.384. The molecule has 0 spiro atoms. The van der Waals surface area contributed by atoms with Crippen LogP contribution in [0.3, 0.4) is 0 Å². The zero-order valence-electron chi connectivity index (χ0n) is 14.8. The number of esters is 2. The number of methoxy groups -OCH3 is 1. The van der Waals surface area contributed by atoms with Crippen LogP contribution in [-0.4, -0.2) is 24.0 Å². The molecule has 8 heteroatoms. The highest BCUT2D eigenvalue weighted by Gasteiger charge is 2.15. The van der Waals surface area contributed by atoms with Gasteiger partial charge in [-0.05, 0) is 42.0 Å². The fourth-order valence-corrected chi connectivity index (χ4v) is 2.48. The Bertz CT molecular complexity index is 1020. The fraction of sp³-hybridized carbons (Fsp3) is 0.100. The maximum absolute atomic E-state index is 12.2. The summed E-state index contributed by atoms with van der Waals surface area (Å²) in [5.41, 5.74) is 1.53. The zero-order valence-corrected chi connectivity index (χ0v) is 14.8. The summed E-state index contributed by atoms with van der Waals surface area (Å²) in [7, 11) is 1.29. The van der Waals surface area contributed by atoms with Crippen molar-refractivity contribution in [2.24, 2.45) is 0 Å². The number of nitrogens with zero attached hydrogens (tertiary/aromatic N) is 1. The van der Waals surface area contributed by atoms with Crippen LogP contribution in [0.25, 0.3) is 11.3 Å². The van der Waals surface area contributed by atoms with Gasteiger partial charge in [-0.1, -0.05) is 12.1 Å². The Hall–Kier alpha value is -3.94. The van der Waals surface area contributed by atoms with Crippen molar-refractivity contribution in [2.45, 2.75) is 6.61 Å². The van der Waals surface area contributed by atoms with E-state index >= 15 is 0 Å². The summed E-state index contributed by atoms with van der Waals surface area (Å²) in [5.74, 6) is -0.768. The van der Waals surface area contributed by atoms with Crippen molar-refractivity contribution in [1.29, 1.82) is 0 Å². The number of carbonyl (C=O) groups is 2. The first-order valence-corrected chi connectivity index (χ1v) is 8.17. The van der Waals surface area contributed by atoms with Crippen molar-refractivity contribution in [3.63, 3.8) is 0 Å². The standard InChI is InChI=1S/C20H15NO7/c1-26-19(22)15-4-2-3-13(11-15)12-27-20(23)18-10-9-17(28-18)14-5-7-16(8-6-14)21(24)25/h2-11H,12H2,1H3. The van der Waals surface area contributed by atoms with Gasteiger partial charge >= 0.3 is 11.9 Å². The minimum absolute atomic E-state index is 0.00234. The van der Waals surface area contributed by atoms with Crippen molar-refractivity contribution in [3.05, 3.63) is 87.7 Å². The van der Waals surface area contributed by atoms with E-state index in [2.05, 4.69) is 4.74 Å². The average Bonchev–Trinajstić information content (AvgIpc) is 3.22. The normalized spacial score (nSPS) is 10.3. The van der Waals surface area contributed by atoms with Gasteiger partial charge in [0, 0.05) is 17.7 Å². The molecule has 0 aliphatic rings. The third-order valence-corrected chi connectivity index (χ3v) is 3.89. The number of furan rings is 1. The van der Waals surface area contributed by atoms with E-state index in [4.69, 9.17) is 9.15 Å². The van der Waals surface area contributed by atoms with Crippen molar-refractivity contribution in [3.8, 4) is 11.3 Å². The largest absolute Gasteiger partial charge is 0.465 e. The Morgan fingerprint density at radius 1 is 1.04 bits per heavy atom. The molecule has 1 heterocycles. The lowest BCUT2D eigenvalue weighted by atomic mass is 10.1. The van der Waals surface area contributed by atoms with Crippen LogP contribution in [0.4, 0.5) is 5.69 Å². The second-order valence-electron chi connectivity index (χ2n) is 5.74. The van der Waals surface area contributed by atoms with E-state index in [0.29, 0.717) is 22.5 Å². The van der Waals surface area contributed by atoms with Crippen molar-refractivity contribution in [2.75, 3.05) is 7.11 Å². The third kappa shape index (κ3) is 4.24. The van der Waals surface area contributed by atoms with Crippen molar-refractivity contribution >= 4 is 17.6 Å². The number of nitro groups is 1. The molecule has 8 nitrogen and oxygen atoms in total. The number of hydrogen-bond acceptors (Lipinski definition) is 7. The quantitative estimate of drug-likeness (QED) is 0.361. The Morgan fingerprint density at radius 3 is 2.46 bits per heavy atom. The van der Waals surface area contributed by atoms with E-state index in [1.165, 1.54) is 37.4 Å². The monoisotopic (exact) mass is 381 g/mol. The molecule has 0 bridgehead atoms. The van der Waals surface area contributed by atoms with E-state index in [-0.39, 0.29) is 18.1 Å². The highest BCUT2D eigenvalue weighted by molar-refractivity contribution is 5.89. The molecular formula is C20H15NO7. The molecule has 0 aliphatic carbocycles. The molecule has 0 amide bonds. The minimum atomic E-state index is -0.670. The number of nitro benzene ring substituents is 1. The maximum Gasteiger partial charge on any atom is 0.374 e. The van der Waals surface area contributed by atoms with Crippen LogP contribution in [0.5, 0.6) is 0 Å². The average molecular weight is 381 g/mol. The Balaban J connectivity index is 1.66. The van der Waals surface area contributed by atoms with E-state index in [0.717, 1.165) is 0 Å². The van der Waals surface area contributed by atoms with Crippen LogP contribution >= 0.6 is 0 Å². The van der Waals surface area contributed by atoms with E-state index < -0.39 is 16.9 Å². The van der Waals surface area contributed by atoms with Gasteiger partial charge in [0.05, 0.1) is 17.6 Å². The van der Waals surface area contributed by atoms with Crippen LogP contribution in [0.1, 0.15) is 26.5 Å². The first-order valence-electron chi connectivity index (χ1n) is 8.17. The van der Waals surface area contributed by atoms with Gasteiger partial charge in [-0.2, -0.15) is 0 Å². The van der Waals surface area contributed by atoms with Crippen LogP contribution in [0, 0.1) is 10.1 Å². The van der Waals surface area contributed by atoms with Crippen LogP contribution in [0.2, 0.25) is 0 Å². The van der Waals surface area contributed by atoms with E-state index in [9.17, 15) is 19.7 Å². The molecule has 1 aromatic heterocycles. The van der Waals surface area contributed by atoms with E-state index in [1.54, 1.807) is 30.3 Å². The molecule has 0 radical (unpaired) electrons. The summed E-state index contributed by atoms with van der Waals surface area (Å²) in [5, 5.41) is 10.7. The molecule has 0 atom stereocenters. The van der Waals surface area contributed by atoms with Gasteiger partial charge in [0.15, 0.2) is 0 Å². The summed E-state index contributed by atoms with van der Waals surface area (Å²) < 4.78 is 15.3. The van der Waals surface area contributed by atoms with Crippen LogP contribution < -0.4 is 0 Å². The predicted octanol–water partition coefficient (Wildman–Crippen LogP) is 4.00. The summed E-state index contributed by atoms with van der Waals surface area (Å²) in [6.45, 7) is -0.0444. The Labute approximate surface area is 159 Å². The third-order valence-electron chi connectivity index (χ3n) is 3.89. The summed E-state index contributed by atoms with van der Waals surface area (Å²) in [6.07, 6.45) is 0. The van der Waals surface area contributed by atoms with Gasteiger partial charge in [-0.15, -0.1) is 0 Å². The number of non-ortho nitro benzene ring substituents is 1. The highest BCUT2D eigenvalue weighted by atomic mass is 16.6. The molecule has 28 heavy (non-hydrogen) atoms. The smallest absolute Gasteiger partial charge is 0.374 e. The number of rotatable bonds is 6. The summed E-state index contributed by atoms with van der Waals surface area (Å²) in [4.78, 5) is 33.9. The van der Waals surface area contributed by atoms with Crippen molar-refractivity contribution in [1.82, 2.24) is 0 Å². The molecule has 2 aromatic carbocycles. The summed E-state index contributed by atoms with van der Waals surface area (Å²) >= 11 is 0. The Kier molecular flexibility index (Phi) is 5.50. The molecule has 0 saturated carbocycles. The van der Waals surface area contributed by atoms with Gasteiger partial charge in [0.1, 0.15) is 12.4 Å². The molecule has 3 aromatic rings. The fourth-order valence-electron chi connectivity index (χ4n) is 2.48. The molecule has 0 fully saturated rings. The van der Waals surface area contributed by atoms with Gasteiger partial charge in [-0.25, -0.2) is 9.59 Å². The maximum atomic E-state index is 12.2. The topological polar surface area (TPSA) is 109 Å². The van der Waals surface area contributed by atoms with E-state index in [1.807, 2.05) is 0 Å². The molecule has 0 unspecified atom stereocenters. The first kappa shape index (κ1) is 18.8. The molecule has 0 N–H and O–H groups in total. The lowest BCUT2D eigenvalue weighted by Gasteiger charge is -2.05. The van der Waals surface area contributed by atoms with Gasteiger partial charge in [0.25, 0.3) is 5.69 Å². The van der Waals surface area contributed by atoms with Crippen molar-refractivity contribution < 1.29 is 28.4 Å². The molecule has 0 aliphatic heterocycles. The molecule has 142 valence electrons. The molecular weight excluding hydrogens is 366 g/mol. The van der Waals surface area contributed by atoms with Gasteiger partial charge in [0.2, 0.25) is 5.76 Å². The Morgan fingerprint density at radius 2 is 1.79 bits per heavy atom. The second-order valence-corrected chi connectivity index (χ2v) is 5.74. The second kappa shape index (κ2) is 8.17. The summed E-state index contributed by atoms with van der Waals surface area (Å²) in [6, 6.07) is 15.4. The molecule has 3 rings (SSSR count). The predicted molar refractivity (Wildman–Crippen MR) is 97.7 cm³/mol. The van der Waals surface area contributed by atoms with Gasteiger partial charge in [-0.3, -0.25) is 10.1 Å². The highest BCUT2D eigenvalue weighted by Crippen LogP contribution is 2.25. The number of ether oxygens (including phenoxy) is 2. The lowest BCUT2D eigenvalue weighted by Crippen LogP contribution is -2.06. The minimum Gasteiger partial charge on any atom is -0.465 e. The number of benzene rings is 2. The zero-order chi connectivity index (χ0) is 20.1. The van der Waals surface area contributed by atoms with Gasteiger partial charge < -0.3 is 13.9 Å². The van der Waals surface area contributed by atoms with Crippen LogP contribution in [0.15, 0.2) is 65.1 Å². The first-order chi connectivity index (χ1) is 13.5. The SMILES string of the molecule is COC(=O)c1cccc(COC(=O)c2ccc(-c3ccc([N+](=O)[O-])cc3)o2)c1. The molecule has 0 saturated heterocycles. The van der Waals surface area contributed by atoms with Crippen LogP contribution in [-0.2, 0) is 16.1 Å².